The van der Waals surface area contributed by atoms with E-state index in [0.717, 1.165) is 5.56 Å². The van der Waals surface area contributed by atoms with Gasteiger partial charge >= 0.3 is 0 Å². The molecule has 0 saturated carbocycles. The maximum atomic E-state index is 11.6. The van der Waals surface area contributed by atoms with Crippen LogP contribution in [0.25, 0.3) is 11.4 Å². The standard InChI is InChI=1S/C11H16N6O2S/c1-2-8-10(9-5-13-16-14-9)15-17(11(8)12)7-3-4-20(18,19)6-7/h5,7H,2-4,6,12H2,1H3,(H,13,14,16). The van der Waals surface area contributed by atoms with Crippen molar-refractivity contribution in [1.29, 1.82) is 0 Å². The van der Waals surface area contributed by atoms with Gasteiger partial charge in [0, 0.05) is 5.56 Å². The van der Waals surface area contributed by atoms with Crippen molar-refractivity contribution in [2.45, 2.75) is 25.8 Å². The molecule has 1 atom stereocenters. The van der Waals surface area contributed by atoms with Gasteiger partial charge in [0.1, 0.15) is 17.2 Å². The average Bonchev–Trinajstić information content (AvgIpc) is 3.08. The van der Waals surface area contributed by atoms with Crippen molar-refractivity contribution in [3.63, 3.8) is 0 Å². The molecule has 1 saturated heterocycles. The number of hydrogen-bond acceptors (Lipinski definition) is 6. The summed E-state index contributed by atoms with van der Waals surface area (Å²) in [7, 11) is -2.98. The highest BCUT2D eigenvalue weighted by Gasteiger charge is 2.32. The van der Waals surface area contributed by atoms with Crippen molar-refractivity contribution in [3.05, 3.63) is 11.8 Å². The molecule has 3 rings (SSSR count). The minimum Gasteiger partial charge on any atom is -0.384 e. The van der Waals surface area contributed by atoms with Gasteiger partial charge in [0.2, 0.25) is 0 Å². The normalized spacial score (nSPS) is 21.4. The van der Waals surface area contributed by atoms with Crippen LogP contribution < -0.4 is 5.73 Å². The molecule has 3 heterocycles. The van der Waals surface area contributed by atoms with Gasteiger partial charge in [-0.1, -0.05) is 6.92 Å². The SMILES string of the molecule is CCc1c(-c2cn[nH]n2)nn(C2CCS(=O)(=O)C2)c1N. The number of aromatic amines is 1. The lowest BCUT2D eigenvalue weighted by Gasteiger charge is -2.10. The number of rotatable bonds is 3. The third-order valence-electron chi connectivity index (χ3n) is 3.62. The van der Waals surface area contributed by atoms with Gasteiger partial charge in [0.25, 0.3) is 0 Å². The van der Waals surface area contributed by atoms with Crippen molar-refractivity contribution in [1.82, 2.24) is 25.2 Å². The highest BCUT2D eigenvalue weighted by Crippen LogP contribution is 2.32. The summed E-state index contributed by atoms with van der Waals surface area (Å²) in [6.07, 6.45) is 2.83. The second-order valence-electron chi connectivity index (χ2n) is 4.92. The maximum Gasteiger partial charge on any atom is 0.152 e. The molecule has 1 aliphatic rings. The molecule has 8 nitrogen and oxygen atoms in total. The first-order chi connectivity index (χ1) is 9.52. The molecule has 2 aromatic heterocycles. The third-order valence-corrected chi connectivity index (χ3v) is 5.37. The number of nitrogens with two attached hydrogens (primary N) is 1. The van der Waals surface area contributed by atoms with Gasteiger partial charge in [-0.3, -0.25) is 0 Å². The monoisotopic (exact) mass is 296 g/mol. The molecule has 1 aliphatic heterocycles. The van der Waals surface area contributed by atoms with Crippen LogP contribution in [-0.2, 0) is 16.3 Å². The topological polar surface area (TPSA) is 120 Å². The molecule has 1 unspecified atom stereocenters. The number of H-pyrrole nitrogens is 1. The molecule has 20 heavy (non-hydrogen) atoms. The number of nitrogens with zero attached hydrogens (tertiary/aromatic N) is 4. The molecule has 2 aromatic rings. The van der Waals surface area contributed by atoms with Crippen molar-refractivity contribution >= 4 is 15.7 Å². The molecule has 0 radical (unpaired) electrons. The zero-order valence-electron chi connectivity index (χ0n) is 11.1. The molecule has 0 amide bonds. The number of anilines is 1. The van der Waals surface area contributed by atoms with E-state index in [-0.39, 0.29) is 17.5 Å². The lowest BCUT2D eigenvalue weighted by Crippen LogP contribution is -2.15. The summed E-state index contributed by atoms with van der Waals surface area (Å²) < 4.78 is 24.8. The van der Waals surface area contributed by atoms with Gasteiger partial charge in [0.15, 0.2) is 9.84 Å². The summed E-state index contributed by atoms with van der Waals surface area (Å²) in [5.74, 6) is 0.811. The highest BCUT2D eigenvalue weighted by atomic mass is 32.2. The maximum absolute atomic E-state index is 11.6. The first-order valence-electron chi connectivity index (χ1n) is 6.45. The predicted molar refractivity (Wildman–Crippen MR) is 73.7 cm³/mol. The van der Waals surface area contributed by atoms with Crippen LogP contribution in [0.5, 0.6) is 0 Å². The second kappa shape index (κ2) is 4.58. The fourth-order valence-electron chi connectivity index (χ4n) is 2.60. The van der Waals surface area contributed by atoms with Gasteiger partial charge in [-0.2, -0.15) is 20.5 Å². The minimum atomic E-state index is -2.98. The molecule has 0 spiro atoms. The Morgan fingerprint density at radius 3 is 2.90 bits per heavy atom. The van der Waals surface area contributed by atoms with Gasteiger partial charge < -0.3 is 5.73 Å². The number of nitrogens with one attached hydrogen (secondary N) is 1. The van der Waals surface area contributed by atoms with Crippen LogP contribution in [0.2, 0.25) is 0 Å². The van der Waals surface area contributed by atoms with Crippen LogP contribution in [0.4, 0.5) is 5.82 Å². The Labute approximate surface area is 116 Å². The fraction of sp³-hybridized carbons (Fsp3) is 0.545. The summed E-state index contributed by atoms with van der Waals surface area (Å²) in [4.78, 5) is 0. The van der Waals surface area contributed by atoms with Crippen molar-refractivity contribution in [2.24, 2.45) is 0 Å². The van der Waals surface area contributed by atoms with Gasteiger partial charge in [-0.15, -0.1) is 0 Å². The second-order valence-corrected chi connectivity index (χ2v) is 7.15. The van der Waals surface area contributed by atoms with E-state index in [1.165, 1.54) is 0 Å². The van der Waals surface area contributed by atoms with E-state index >= 15 is 0 Å². The molecule has 108 valence electrons. The molecule has 0 aromatic carbocycles. The zero-order valence-corrected chi connectivity index (χ0v) is 11.9. The van der Waals surface area contributed by atoms with Crippen molar-refractivity contribution in [2.75, 3.05) is 17.2 Å². The van der Waals surface area contributed by atoms with Crippen LogP contribution in [0.1, 0.15) is 24.9 Å². The Bertz CT molecular complexity index is 718. The fourth-order valence-corrected chi connectivity index (χ4v) is 4.29. The molecular formula is C11H16N6O2S. The van der Waals surface area contributed by atoms with Gasteiger partial charge in [0.05, 0.1) is 23.7 Å². The number of sulfone groups is 1. The van der Waals surface area contributed by atoms with E-state index in [1.54, 1.807) is 10.9 Å². The van der Waals surface area contributed by atoms with Crippen LogP contribution in [-0.4, -0.2) is 45.1 Å². The first kappa shape index (κ1) is 13.1. The summed E-state index contributed by atoms with van der Waals surface area (Å²) in [5.41, 5.74) is 8.30. The predicted octanol–water partition coefficient (Wildman–Crippen LogP) is 0.172. The quantitative estimate of drug-likeness (QED) is 0.833. The summed E-state index contributed by atoms with van der Waals surface area (Å²) >= 11 is 0. The van der Waals surface area contributed by atoms with Crippen molar-refractivity contribution < 1.29 is 8.42 Å². The largest absolute Gasteiger partial charge is 0.384 e. The average molecular weight is 296 g/mol. The van der Waals surface area contributed by atoms with E-state index < -0.39 is 9.84 Å². The highest BCUT2D eigenvalue weighted by molar-refractivity contribution is 7.91. The summed E-state index contributed by atoms with van der Waals surface area (Å²) in [6, 6.07) is -0.189. The Hall–Kier alpha value is -1.90. The summed E-state index contributed by atoms with van der Waals surface area (Å²) in [5, 5.41) is 14.8. The number of nitrogen functional groups attached to an aromatic ring is 1. The zero-order chi connectivity index (χ0) is 14.3. The Balaban J connectivity index is 2.05. The molecule has 3 N–H and O–H groups in total. The molecule has 0 aliphatic carbocycles. The lowest BCUT2D eigenvalue weighted by atomic mass is 10.1. The van der Waals surface area contributed by atoms with Crippen LogP contribution in [0.15, 0.2) is 6.20 Å². The smallest absolute Gasteiger partial charge is 0.152 e. The lowest BCUT2D eigenvalue weighted by molar-refractivity contribution is 0.507. The van der Waals surface area contributed by atoms with E-state index in [9.17, 15) is 8.42 Å². The first-order valence-corrected chi connectivity index (χ1v) is 8.27. The van der Waals surface area contributed by atoms with Gasteiger partial charge in [-0.05, 0) is 12.8 Å². The number of hydrogen-bond donors (Lipinski definition) is 2. The van der Waals surface area contributed by atoms with Crippen LogP contribution in [0, 0.1) is 0 Å². The van der Waals surface area contributed by atoms with E-state index in [0.29, 0.717) is 30.0 Å². The van der Waals surface area contributed by atoms with E-state index in [2.05, 4.69) is 20.5 Å². The molecule has 0 bridgehead atoms. The Morgan fingerprint density at radius 2 is 2.35 bits per heavy atom. The minimum absolute atomic E-state index is 0.0975. The van der Waals surface area contributed by atoms with Crippen molar-refractivity contribution in [3.8, 4) is 11.4 Å². The van der Waals surface area contributed by atoms with E-state index in [1.807, 2.05) is 6.92 Å². The number of aromatic nitrogens is 5. The Morgan fingerprint density at radius 1 is 1.55 bits per heavy atom. The van der Waals surface area contributed by atoms with Crippen LogP contribution in [0.3, 0.4) is 0 Å². The Kier molecular flexibility index (Phi) is 3.00. The van der Waals surface area contributed by atoms with E-state index in [4.69, 9.17) is 5.73 Å². The molecule has 1 fully saturated rings. The van der Waals surface area contributed by atoms with Gasteiger partial charge in [-0.25, -0.2) is 13.1 Å². The molecule has 9 heteroatoms. The van der Waals surface area contributed by atoms with Crippen LogP contribution >= 0.6 is 0 Å². The summed E-state index contributed by atoms with van der Waals surface area (Å²) in [6.45, 7) is 1.98. The molecular weight excluding hydrogens is 280 g/mol. The third kappa shape index (κ3) is 2.07.